The Morgan fingerprint density at radius 2 is 1.80 bits per heavy atom. The minimum absolute atomic E-state index is 0.0782. The van der Waals surface area contributed by atoms with Crippen LogP contribution in [0.1, 0.15) is 51.0 Å². The van der Waals surface area contributed by atoms with Gasteiger partial charge in [-0.15, -0.1) is 0 Å². The summed E-state index contributed by atoms with van der Waals surface area (Å²) in [7, 11) is 1.65. The summed E-state index contributed by atoms with van der Waals surface area (Å²) in [5.74, 6) is 0. The highest BCUT2D eigenvalue weighted by molar-refractivity contribution is 6.30. The van der Waals surface area contributed by atoms with Gasteiger partial charge >= 0.3 is 5.69 Å². The van der Waals surface area contributed by atoms with Gasteiger partial charge in [0.15, 0.2) is 11.2 Å². The van der Waals surface area contributed by atoms with Crippen molar-refractivity contribution in [3.63, 3.8) is 0 Å². The lowest BCUT2D eigenvalue weighted by molar-refractivity contribution is 0.137. The van der Waals surface area contributed by atoms with Gasteiger partial charge in [-0.25, -0.2) is 4.79 Å². The van der Waals surface area contributed by atoms with E-state index in [1.807, 2.05) is 31.2 Å². The summed E-state index contributed by atoms with van der Waals surface area (Å²) in [6.07, 6.45) is 6.20. The lowest BCUT2D eigenvalue weighted by Gasteiger charge is -2.22. The van der Waals surface area contributed by atoms with Gasteiger partial charge in [-0.05, 0) is 49.8 Å². The third-order valence-electron chi connectivity index (χ3n) is 5.72. The van der Waals surface area contributed by atoms with Crippen molar-refractivity contribution < 1.29 is 4.74 Å². The van der Waals surface area contributed by atoms with Gasteiger partial charge in [-0.3, -0.25) is 18.5 Å². The molecule has 8 heteroatoms. The Balaban J connectivity index is 1.88. The van der Waals surface area contributed by atoms with E-state index in [0.29, 0.717) is 41.7 Å². The zero-order valence-corrected chi connectivity index (χ0v) is 18.2. The van der Waals surface area contributed by atoms with E-state index in [0.717, 1.165) is 31.2 Å². The van der Waals surface area contributed by atoms with Gasteiger partial charge in [0.05, 0.1) is 6.54 Å². The van der Waals surface area contributed by atoms with E-state index in [2.05, 4.69) is 4.98 Å². The summed E-state index contributed by atoms with van der Waals surface area (Å²) in [6, 6.07) is 7.88. The molecule has 1 aliphatic rings. The molecule has 0 unspecified atom stereocenters. The maximum absolute atomic E-state index is 13.3. The highest BCUT2D eigenvalue weighted by atomic mass is 35.5. The standard InChI is InChI=1S/C22H27ClN4O3/c1-3-13-26-20(28)18-19(25(2)22(26)29)24-21(30-17-7-5-4-6-8-17)27(18)14-15-9-11-16(23)12-10-15/h9-12,17H,3-8,13-14H2,1-2H3. The Morgan fingerprint density at radius 1 is 1.10 bits per heavy atom. The quantitative estimate of drug-likeness (QED) is 0.597. The van der Waals surface area contributed by atoms with Crippen molar-refractivity contribution in [3.05, 3.63) is 55.7 Å². The number of hydrogen-bond donors (Lipinski definition) is 0. The molecule has 0 radical (unpaired) electrons. The number of rotatable bonds is 6. The molecule has 0 saturated heterocycles. The minimum atomic E-state index is -0.352. The molecule has 1 saturated carbocycles. The molecule has 1 fully saturated rings. The summed E-state index contributed by atoms with van der Waals surface area (Å²) >= 11 is 6.03. The Kier molecular flexibility index (Phi) is 5.99. The molecule has 0 amide bonds. The van der Waals surface area contributed by atoms with Crippen molar-refractivity contribution in [2.75, 3.05) is 0 Å². The van der Waals surface area contributed by atoms with Crippen LogP contribution in [0.2, 0.25) is 5.02 Å². The Bertz CT molecular complexity index is 1150. The average molecular weight is 431 g/mol. The summed E-state index contributed by atoms with van der Waals surface area (Å²) in [5.41, 5.74) is 1.05. The average Bonchev–Trinajstić information content (AvgIpc) is 3.10. The fourth-order valence-electron chi connectivity index (χ4n) is 4.11. The molecule has 0 aliphatic heterocycles. The summed E-state index contributed by atoms with van der Waals surface area (Å²) in [6.45, 7) is 2.72. The Hall–Kier alpha value is -2.54. The van der Waals surface area contributed by atoms with Crippen LogP contribution < -0.4 is 16.0 Å². The van der Waals surface area contributed by atoms with Gasteiger partial charge in [-0.1, -0.05) is 37.1 Å². The topological polar surface area (TPSA) is 71.1 Å². The van der Waals surface area contributed by atoms with E-state index in [4.69, 9.17) is 16.3 Å². The fraction of sp³-hybridized carbons (Fsp3) is 0.500. The maximum Gasteiger partial charge on any atom is 0.332 e. The van der Waals surface area contributed by atoms with Crippen LogP contribution in [-0.4, -0.2) is 24.8 Å². The first kappa shape index (κ1) is 20.7. The number of aryl methyl sites for hydroxylation is 1. The Morgan fingerprint density at radius 3 is 2.47 bits per heavy atom. The predicted molar refractivity (Wildman–Crippen MR) is 118 cm³/mol. The zero-order valence-electron chi connectivity index (χ0n) is 17.4. The normalized spacial score (nSPS) is 15.0. The number of hydrogen-bond acceptors (Lipinski definition) is 4. The minimum Gasteiger partial charge on any atom is -0.461 e. The SMILES string of the molecule is CCCn1c(=O)c2c(nc(OC3CCCCC3)n2Cc2ccc(Cl)cc2)n(C)c1=O. The number of imidazole rings is 1. The van der Waals surface area contributed by atoms with Crippen molar-refractivity contribution in [2.24, 2.45) is 7.05 Å². The molecule has 2 heterocycles. The van der Waals surface area contributed by atoms with Gasteiger partial charge < -0.3 is 4.74 Å². The maximum atomic E-state index is 13.3. The fourth-order valence-corrected chi connectivity index (χ4v) is 4.24. The number of benzene rings is 1. The molecule has 1 aromatic carbocycles. The molecule has 0 bridgehead atoms. The van der Waals surface area contributed by atoms with Crippen LogP contribution >= 0.6 is 11.6 Å². The first-order valence-corrected chi connectivity index (χ1v) is 11.0. The lowest BCUT2D eigenvalue weighted by Crippen LogP contribution is -2.39. The van der Waals surface area contributed by atoms with Crippen molar-refractivity contribution in [1.29, 1.82) is 0 Å². The first-order chi connectivity index (χ1) is 14.5. The van der Waals surface area contributed by atoms with Crippen LogP contribution in [0.25, 0.3) is 11.2 Å². The van der Waals surface area contributed by atoms with E-state index in [1.165, 1.54) is 15.6 Å². The Labute approximate surface area is 179 Å². The van der Waals surface area contributed by atoms with Crippen molar-refractivity contribution in [2.45, 2.75) is 64.6 Å². The van der Waals surface area contributed by atoms with Crippen molar-refractivity contribution in [3.8, 4) is 6.01 Å². The van der Waals surface area contributed by atoms with Gasteiger partial charge in [-0.2, -0.15) is 4.98 Å². The number of ether oxygens (including phenoxy) is 1. The largest absolute Gasteiger partial charge is 0.461 e. The third-order valence-corrected chi connectivity index (χ3v) is 5.97. The van der Waals surface area contributed by atoms with Gasteiger partial charge in [0.2, 0.25) is 0 Å². The van der Waals surface area contributed by atoms with E-state index < -0.39 is 0 Å². The van der Waals surface area contributed by atoms with Crippen molar-refractivity contribution >= 4 is 22.8 Å². The van der Waals surface area contributed by atoms with Crippen molar-refractivity contribution in [1.82, 2.24) is 18.7 Å². The second-order valence-electron chi connectivity index (χ2n) is 7.96. The highest BCUT2D eigenvalue weighted by Crippen LogP contribution is 2.26. The summed E-state index contributed by atoms with van der Waals surface area (Å²) < 4.78 is 10.8. The molecular formula is C22H27ClN4O3. The third kappa shape index (κ3) is 3.90. The molecule has 7 nitrogen and oxygen atoms in total. The smallest absolute Gasteiger partial charge is 0.332 e. The van der Waals surface area contributed by atoms with Gasteiger partial charge in [0.25, 0.3) is 11.6 Å². The number of halogens is 1. The molecule has 30 heavy (non-hydrogen) atoms. The summed E-state index contributed by atoms with van der Waals surface area (Å²) in [4.78, 5) is 30.6. The molecule has 4 rings (SSSR count). The molecular weight excluding hydrogens is 404 g/mol. The first-order valence-electron chi connectivity index (χ1n) is 10.6. The molecule has 0 spiro atoms. The van der Waals surface area contributed by atoms with E-state index in [1.54, 1.807) is 11.6 Å². The molecule has 0 atom stereocenters. The van der Waals surface area contributed by atoms with Gasteiger partial charge in [0, 0.05) is 18.6 Å². The van der Waals surface area contributed by atoms with E-state index in [9.17, 15) is 9.59 Å². The van der Waals surface area contributed by atoms with Crippen LogP contribution in [0, 0.1) is 0 Å². The zero-order chi connectivity index (χ0) is 21.3. The second-order valence-corrected chi connectivity index (χ2v) is 8.39. The molecule has 160 valence electrons. The summed E-state index contributed by atoms with van der Waals surface area (Å²) in [5, 5.41) is 0.653. The molecule has 3 aromatic rings. The monoisotopic (exact) mass is 430 g/mol. The second kappa shape index (κ2) is 8.68. The molecule has 0 N–H and O–H groups in total. The lowest BCUT2D eigenvalue weighted by atomic mass is 9.98. The van der Waals surface area contributed by atoms with Crippen LogP contribution in [0.4, 0.5) is 0 Å². The van der Waals surface area contributed by atoms with Gasteiger partial charge in [0.1, 0.15) is 6.10 Å². The number of aromatic nitrogens is 4. The molecule has 1 aliphatic carbocycles. The number of fused-ring (bicyclic) bond motifs is 1. The highest BCUT2D eigenvalue weighted by Gasteiger charge is 2.24. The van der Waals surface area contributed by atoms with E-state index >= 15 is 0 Å². The van der Waals surface area contributed by atoms with Crippen LogP contribution in [0.3, 0.4) is 0 Å². The molecule has 2 aromatic heterocycles. The van der Waals surface area contributed by atoms with Crippen LogP contribution in [-0.2, 0) is 20.1 Å². The van der Waals surface area contributed by atoms with E-state index in [-0.39, 0.29) is 17.4 Å². The predicted octanol–water partition coefficient (Wildman–Crippen LogP) is 3.72. The number of nitrogens with zero attached hydrogens (tertiary/aromatic N) is 4. The van der Waals surface area contributed by atoms with Crippen LogP contribution in [0.5, 0.6) is 6.01 Å². The van der Waals surface area contributed by atoms with Crippen LogP contribution in [0.15, 0.2) is 33.9 Å².